The Hall–Kier alpha value is -3.15. The topological polar surface area (TPSA) is 85.6 Å². The molecule has 0 radical (unpaired) electrons. The maximum Gasteiger partial charge on any atom is 0.337 e. The van der Waals surface area contributed by atoms with E-state index < -0.39 is 11.9 Å². The fourth-order valence-electron chi connectivity index (χ4n) is 5.88. The van der Waals surface area contributed by atoms with Gasteiger partial charge in [0.05, 0.1) is 23.1 Å². The lowest BCUT2D eigenvalue weighted by Gasteiger charge is -2.39. The average molecular weight is 476 g/mol. The summed E-state index contributed by atoms with van der Waals surface area (Å²) < 4.78 is 11.8. The number of Topliss-reactive ketones (excluding diaryl/α,β-unsaturated/α-hetero) is 1. The van der Waals surface area contributed by atoms with E-state index in [0.717, 1.165) is 44.2 Å². The number of carbonyl (C=O) groups excluding carboxylic acids is 2. The molecule has 2 heterocycles. The van der Waals surface area contributed by atoms with Gasteiger partial charge in [0.1, 0.15) is 11.7 Å². The molecule has 0 bridgehead atoms. The summed E-state index contributed by atoms with van der Waals surface area (Å²) in [4.78, 5) is 40.8. The van der Waals surface area contributed by atoms with Crippen molar-refractivity contribution in [2.45, 2.75) is 84.2 Å². The van der Waals surface area contributed by atoms with Gasteiger partial charge in [-0.1, -0.05) is 38.8 Å². The smallest absolute Gasteiger partial charge is 0.337 e. The number of allylic oxidation sites excluding steroid dienone is 3. The lowest BCUT2D eigenvalue weighted by Crippen LogP contribution is -2.40. The molecule has 6 heteroatoms. The molecule has 1 saturated carbocycles. The third-order valence-corrected chi connectivity index (χ3v) is 7.55. The first kappa shape index (κ1) is 23.6. The highest BCUT2D eigenvalue weighted by atomic mass is 16.5. The normalized spacial score (nSPS) is 23.1. The molecule has 35 heavy (non-hydrogen) atoms. The van der Waals surface area contributed by atoms with E-state index in [9.17, 15) is 14.4 Å². The van der Waals surface area contributed by atoms with Crippen LogP contribution >= 0.6 is 0 Å². The lowest BCUT2D eigenvalue weighted by molar-refractivity contribution is -0.145. The van der Waals surface area contributed by atoms with E-state index in [1.54, 1.807) is 18.2 Å². The summed E-state index contributed by atoms with van der Waals surface area (Å²) >= 11 is 0. The minimum absolute atomic E-state index is 0.0476. The molecule has 0 spiro atoms. The molecular formula is C29H33NO5. The van der Waals surface area contributed by atoms with Gasteiger partial charge in [0.2, 0.25) is 0 Å². The number of rotatable bonds is 3. The number of carbonyl (C=O) groups is 2. The molecule has 1 atom stereocenters. The van der Waals surface area contributed by atoms with Crippen LogP contribution in [0.25, 0.3) is 11.0 Å². The zero-order chi connectivity index (χ0) is 24.7. The van der Waals surface area contributed by atoms with Crippen LogP contribution in [0.5, 0.6) is 0 Å². The number of dihydropyridines is 1. The number of ketones is 1. The molecule has 1 N–H and O–H groups in total. The van der Waals surface area contributed by atoms with Gasteiger partial charge >= 0.3 is 5.97 Å². The van der Waals surface area contributed by atoms with E-state index in [0.29, 0.717) is 46.2 Å². The Bertz CT molecular complexity index is 1300. The van der Waals surface area contributed by atoms with Crippen molar-refractivity contribution in [3.63, 3.8) is 0 Å². The molecule has 1 aliphatic heterocycles. The number of fused-ring (bicyclic) bond motifs is 1. The molecule has 0 amide bonds. The van der Waals surface area contributed by atoms with Crippen LogP contribution in [0.1, 0.15) is 83.6 Å². The maximum absolute atomic E-state index is 13.7. The van der Waals surface area contributed by atoms with Crippen LogP contribution in [0.15, 0.2) is 62.3 Å². The molecule has 1 aromatic carbocycles. The van der Waals surface area contributed by atoms with E-state index in [1.807, 2.05) is 13.0 Å². The van der Waals surface area contributed by atoms with Crippen molar-refractivity contribution >= 4 is 22.7 Å². The molecule has 2 aliphatic carbocycles. The molecule has 6 nitrogen and oxygen atoms in total. The zero-order valence-electron chi connectivity index (χ0n) is 20.7. The second kappa shape index (κ2) is 9.14. The third-order valence-electron chi connectivity index (χ3n) is 7.55. The van der Waals surface area contributed by atoms with E-state index in [2.05, 4.69) is 19.2 Å². The molecule has 3 aliphatic rings. The van der Waals surface area contributed by atoms with E-state index in [4.69, 9.17) is 9.15 Å². The number of ether oxygens (including phenoxy) is 1. The minimum Gasteiger partial charge on any atom is -0.464 e. The van der Waals surface area contributed by atoms with Gasteiger partial charge in [-0.2, -0.15) is 0 Å². The van der Waals surface area contributed by atoms with Crippen LogP contribution in [-0.4, -0.2) is 17.9 Å². The maximum atomic E-state index is 13.7. The highest BCUT2D eigenvalue weighted by molar-refractivity contribution is 6.04. The highest BCUT2D eigenvalue weighted by Gasteiger charge is 2.44. The van der Waals surface area contributed by atoms with E-state index in [-0.39, 0.29) is 22.7 Å². The van der Waals surface area contributed by atoms with Crippen molar-refractivity contribution in [2.75, 3.05) is 0 Å². The lowest BCUT2D eigenvalue weighted by atomic mass is 9.68. The van der Waals surface area contributed by atoms with Crippen LogP contribution in [0.2, 0.25) is 0 Å². The number of nitrogens with one attached hydrogen (secondary N) is 1. The number of esters is 1. The zero-order valence-corrected chi connectivity index (χ0v) is 20.7. The van der Waals surface area contributed by atoms with Gasteiger partial charge in [-0.25, -0.2) is 4.79 Å². The van der Waals surface area contributed by atoms with Crippen molar-refractivity contribution in [3.8, 4) is 0 Å². The Labute approximate surface area is 205 Å². The largest absolute Gasteiger partial charge is 0.464 e. The summed E-state index contributed by atoms with van der Waals surface area (Å²) in [5, 5.41) is 3.78. The number of benzene rings is 1. The Morgan fingerprint density at radius 1 is 1.06 bits per heavy atom. The summed E-state index contributed by atoms with van der Waals surface area (Å²) in [6.45, 7) is 5.95. The van der Waals surface area contributed by atoms with Crippen molar-refractivity contribution < 1.29 is 18.7 Å². The molecule has 0 saturated heterocycles. The van der Waals surface area contributed by atoms with Crippen LogP contribution in [0.3, 0.4) is 0 Å². The summed E-state index contributed by atoms with van der Waals surface area (Å²) in [5.41, 5.74) is 2.59. The molecule has 1 aromatic heterocycles. The van der Waals surface area contributed by atoms with Crippen molar-refractivity contribution in [2.24, 2.45) is 5.41 Å². The van der Waals surface area contributed by atoms with E-state index in [1.165, 1.54) is 6.26 Å². The summed E-state index contributed by atoms with van der Waals surface area (Å²) in [5.74, 6) is -1.31. The first-order valence-electron chi connectivity index (χ1n) is 12.7. The van der Waals surface area contributed by atoms with Crippen molar-refractivity contribution in [3.05, 3.63) is 68.9 Å². The van der Waals surface area contributed by atoms with Crippen LogP contribution in [0, 0.1) is 5.41 Å². The summed E-state index contributed by atoms with van der Waals surface area (Å²) in [6, 6.07) is 7.05. The number of hydrogen-bond acceptors (Lipinski definition) is 6. The minimum atomic E-state index is -0.811. The Kier molecular flexibility index (Phi) is 6.16. The summed E-state index contributed by atoms with van der Waals surface area (Å²) in [6.07, 6.45) is 8.35. The second-order valence-corrected chi connectivity index (χ2v) is 11.0. The van der Waals surface area contributed by atoms with Gasteiger partial charge in [-0.3, -0.25) is 9.59 Å². The first-order chi connectivity index (χ1) is 16.7. The number of para-hydroxylation sites is 1. The summed E-state index contributed by atoms with van der Waals surface area (Å²) in [7, 11) is 0. The second-order valence-electron chi connectivity index (χ2n) is 11.0. The fourth-order valence-corrected chi connectivity index (χ4v) is 5.88. The van der Waals surface area contributed by atoms with Gasteiger partial charge in [-0.05, 0) is 56.6 Å². The number of hydrogen-bond donors (Lipinski definition) is 1. The quantitative estimate of drug-likeness (QED) is 0.455. The van der Waals surface area contributed by atoms with Gasteiger partial charge in [0, 0.05) is 29.0 Å². The Morgan fingerprint density at radius 2 is 1.77 bits per heavy atom. The highest BCUT2D eigenvalue weighted by Crippen LogP contribution is 2.46. The van der Waals surface area contributed by atoms with Crippen molar-refractivity contribution in [1.29, 1.82) is 0 Å². The molecule has 0 unspecified atom stereocenters. The SMILES string of the molecule is CC1=C(C(=O)OC2CCCCCC2)[C@H](c2coc3ccccc3c2=O)C2=C(CC(C)(C)CC2=O)N1. The monoisotopic (exact) mass is 475 g/mol. The molecule has 1 fully saturated rings. The van der Waals surface area contributed by atoms with Crippen LogP contribution in [0.4, 0.5) is 0 Å². The van der Waals surface area contributed by atoms with Gasteiger partial charge in [-0.15, -0.1) is 0 Å². The van der Waals surface area contributed by atoms with Crippen LogP contribution < -0.4 is 10.7 Å². The average Bonchev–Trinajstić information content (AvgIpc) is 3.06. The van der Waals surface area contributed by atoms with Gasteiger partial charge < -0.3 is 14.5 Å². The van der Waals surface area contributed by atoms with Crippen molar-refractivity contribution in [1.82, 2.24) is 5.32 Å². The van der Waals surface area contributed by atoms with Gasteiger partial charge in [0.15, 0.2) is 11.2 Å². The predicted octanol–water partition coefficient (Wildman–Crippen LogP) is 5.66. The Morgan fingerprint density at radius 3 is 2.51 bits per heavy atom. The fraction of sp³-hybridized carbons (Fsp3) is 0.483. The van der Waals surface area contributed by atoms with Gasteiger partial charge in [0.25, 0.3) is 0 Å². The third kappa shape index (κ3) is 4.46. The van der Waals surface area contributed by atoms with E-state index >= 15 is 0 Å². The predicted molar refractivity (Wildman–Crippen MR) is 134 cm³/mol. The Balaban J connectivity index is 1.63. The standard InChI is InChI=1S/C29H33NO5/c1-17-24(28(33)35-18-10-6-4-5-7-11-18)25(26-21(30-17)14-29(2,3)15-22(26)31)20-16-34-23-13-9-8-12-19(23)27(20)32/h8-9,12-13,16,18,25,30H,4-7,10-11,14-15H2,1-3H3/t25-/m0/s1. The molecule has 2 aromatic rings. The molecule has 184 valence electrons. The first-order valence-corrected chi connectivity index (χ1v) is 12.7. The van der Waals surface area contributed by atoms with Crippen LogP contribution in [-0.2, 0) is 14.3 Å². The molecule has 5 rings (SSSR count). The molecular weight excluding hydrogens is 442 g/mol.